The Morgan fingerprint density at radius 3 is 2.15 bits per heavy atom. The van der Waals surface area contributed by atoms with Gasteiger partial charge in [0, 0.05) is 89.2 Å². The van der Waals surface area contributed by atoms with E-state index in [0.717, 1.165) is 81.9 Å². The molecule has 2 aromatic carbocycles. The molecule has 8 rings (SSSR count). The molecule has 5 amide bonds. The smallest absolute Gasteiger partial charge is 0.407 e. The number of fused-ring (bicyclic) bond motifs is 1. The van der Waals surface area contributed by atoms with Crippen molar-refractivity contribution in [2.24, 2.45) is 11.8 Å². The number of carbonyl (C=O) groups excluding carboxylic acids is 5. The van der Waals surface area contributed by atoms with E-state index in [-0.39, 0.29) is 30.2 Å². The van der Waals surface area contributed by atoms with Gasteiger partial charge in [-0.25, -0.2) is 9.83 Å². The minimum atomic E-state index is -4.62. The van der Waals surface area contributed by atoms with E-state index in [0.29, 0.717) is 61.3 Å². The van der Waals surface area contributed by atoms with Gasteiger partial charge in [-0.05, 0) is 80.5 Å². The van der Waals surface area contributed by atoms with Crippen LogP contribution in [0, 0.1) is 18.4 Å². The number of anilines is 3. The second kappa shape index (κ2) is 18.1. The second-order valence-corrected chi connectivity index (χ2v) is 16.5. The lowest BCUT2D eigenvalue weighted by Gasteiger charge is -2.39. The monoisotopic (exact) mass is 855 g/mol. The van der Waals surface area contributed by atoms with Crippen molar-refractivity contribution < 1.29 is 41.9 Å². The van der Waals surface area contributed by atoms with Gasteiger partial charge >= 0.3 is 6.18 Å². The molecule has 15 nitrogen and oxygen atoms in total. The maximum Gasteiger partial charge on any atom is 0.407 e. The molecule has 0 aliphatic carbocycles. The summed E-state index contributed by atoms with van der Waals surface area (Å²) in [6, 6.07) is 11.5. The average molecular weight is 856 g/mol. The number of hydrogen-bond acceptors (Lipinski definition) is 11. The minimum Gasteiger partial charge on any atom is -0.491 e. The molecule has 6 heterocycles. The Morgan fingerprint density at radius 2 is 1.48 bits per heavy atom. The molecular formula is C44H48F3N9O6. The van der Waals surface area contributed by atoms with Crippen molar-refractivity contribution in [3.8, 4) is 5.75 Å². The van der Waals surface area contributed by atoms with E-state index in [1.54, 1.807) is 30.5 Å². The Hall–Kier alpha value is -6.06. The number of aromatic nitrogens is 1. The number of piperidine rings is 3. The normalized spacial score (nSPS) is 20.9. The highest BCUT2D eigenvalue weighted by Crippen LogP contribution is 2.39. The molecular weight excluding hydrogens is 808 g/mol. The number of pyridine rings is 1. The average Bonchev–Trinajstić information content (AvgIpc) is 3.52. The maximum absolute atomic E-state index is 13.5. The molecule has 1 aromatic heterocycles. The van der Waals surface area contributed by atoms with Gasteiger partial charge in [0.2, 0.25) is 17.7 Å². The van der Waals surface area contributed by atoms with Crippen LogP contribution in [-0.4, -0.2) is 127 Å². The minimum absolute atomic E-state index is 0.0819. The fraction of sp³-hybridized carbons (Fsp3) is 0.477. The SMILES string of the molecule is [C-]#[N+]c1ccc(N2CCC(C(=O)Nc3ccc(OCCN4CCN(CC5CCN(c6ccc7c(c6)C(=O)N(C6CCC(=O)NC6=O)C7=O)CC5)CC4)cn3)CC2)cc1C(F)(F)F. The van der Waals surface area contributed by atoms with Crippen LogP contribution in [0.3, 0.4) is 0 Å². The molecule has 18 heteroatoms. The number of hydrogen-bond donors (Lipinski definition) is 2. The summed E-state index contributed by atoms with van der Waals surface area (Å²) in [4.78, 5) is 80.7. The van der Waals surface area contributed by atoms with Gasteiger partial charge in [-0.3, -0.25) is 39.1 Å². The topological polar surface area (TPSA) is 152 Å². The Labute approximate surface area is 357 Å². The molecule has 326 valence electrons. The number of nitrogens with zero attached hydrogens (tertiary/aromatic N) is 7. The highest BCUT2D eigenvalue weighted by atomic mass is 19.4. The summed E-state index contributed by atoms with van der Waals surface area (Å²) < 4.78 is 46.3. The van der Waals surface area contributed by atoms with Gasteiger partial charge in [0.1, 0.15) is 24.2 Å². The maximum atomic E-state index is 13.5. The molecule has 4 saturated heterocycles. The molecule has 3 aromatic rings. The van der Waals surface area contributed by atoms with Gasteiger partial charge in [-0.2, -0.15) is 13.2 Å². The molecule has 0 saturated carbocycles. The Morgan fingerprint density at radius 1 is 0.823 bits per heavy atom. The van der Waals surface area contributed by atoms with Crippen LogP contribution < -0.4 is 25.2 Å². The first-order valence-electron chi connectivity index (χ1n) is 21.1. The van der Waals surface area contributed by atoms with E-state index >= 15 is 0 Å². The number of benzene rings is 2. The second-order valence-electron chi connectivity index (χ2n) is 16.5. The summed E-state index contributed by atoms with van der Waals surface area (Å²) in [6.07, 6.45) is 0.122. The van der Waals surface area contributed by atoms with E-state index in [1.807, 2.05) is 11.0 Å². The molecule has 0 bridgehead atoms. The molecule has 4 fully saturated rings. The predicted molar refractivity (Wildman–Crippen MR) is 222 cm³/mol. The number of imide groups is 2. The van der Waals surface area contributed by atoms with Crippen molar-refractivity contribution >= 4 is 52.4 Å². The number of halogens is 3. The van der Waals surface area contributed by atoms with E-state index < -0.39 is 47.1 Å². The Kier molecular flexibility index (Phi) is 12.5. The summed E-state index contributed by atoms with van der Waals surface area (Å²) in [6.45, 7) is 15.6. The van der Waals surface area contributed by atoms with Crippen molar-refractivity contribution in [1.82, 2.24) is 25.0 Å². The van der Waals surface area contributed by atoms with E-state index in [4.69, 9.17) is 11.3 Å². The molecule has 1 atom stereocenters. The number of ether oxygens (including phenoxy) is 1. The summed E-state index contributed by atoms with van der Waals surface area (Å²) in [5.74, 6) is -0.968. The number of rotatable bonds is 11. The quantitative estimate of drug-likeness (QED) is 0.202. The lowest BCUT2D eigenvalue weighted by molar-refractivity contribution is -0.137. The zero-order valence-corrected chi connectivity index (χ0v) is 34.2. The van der Waals surface area contributed by atoms with Crippen molar-refractivity contribution in [3.05, 3.63) is 82.8 Å². The van der Waals surface area contributed by atoms with E-state index in [2.05, 4.69) is 35.2 Å². The van der Waals surface area contributed by atoms with Gasteiger partial charge in [0.15, 0.2) is 5.69 Å². The van der Waals surface area contributed by atoms with Crippen molar-refractivity contribution in [2.75, 3.05) is 87.2 Å². The molecule has 0 spiro atoms. The Bertz CT molecular complexity index is 2240. The third kappa shape index (κ3) is 9.38. The first-order chi connectivity index (χ1) is 29.8. The first kappa shape index (κ1) is 42.6. The van der Waals surface area contributed by atoms with Gasteiger partial charge in [-0.15, -0.1) is 0 Å². The molecule has 5 aliphatic rings. The predicted octanol–water partition coefficient (Wildman–Crippen LogP) is 4.82. The third-order valence-electron chi connectivity index (χ3n) is 12.7. The zero-order valence-electron chi connectivity index (χ0n) is 34.2. The van der Waals surface area contributed by atoms with Crippen LogP contribution in [0.5, 0.6) is 5.75 Å². The Balaban J connectivity index is 0.712. The highest BCUT2D eigenvalue weighted by Gasteiger charge is 2.45. The van der Waals surface area contributed by atoms with Crippen molar-refractivity contribution in [1.29, 1.82) is 0 Å². The van der Waals surface area contributed by atoms with Crippen LogP contribution in [-0.2, 0) is 20.6 Å². The van der Waals surface area contributed by atoms with Crippen LogP contribution in [0.15, 0.2) is 54.7 Å². The molecule has 5 aliphatic heterocycles. The van der Waals surface area contributed by atoms with Gasteiger partial charge < -0.3 is 24.8 Å². The summed E-state index contributed by atoms with van der Waals surface area (Å²) in [7, 11) is 0. The number of alkyl halides is 3. The van der Waals surface area contributed by atoms with Gasteiger partial charge in [0.05, 0.1) is 29.5 Å². The van der Waals surface area contributed by atoms with Crippen LogP contribution in [0.1, 0.15) is 64.8 Å². The summed E-state index contributed by atoms with van der Waals surface area (Å²) >= 11 is 0. The van der Waals surface area contributed by atoms with Crippen LogP contribution in [0.25, 0.3) is 4.85 Å². The first-order valence-corrected chi connectivity index (χ1v) is 21.1. The van der Waals surface area contributed by atoms with E-state index in [1.165, 1.54) is 12.1 Å². The largest absolute Gasteiger partial charge is 0.491 e. The number of amides is 5. The van der Waals surface area contributed by atoms with Gasteiger partial charge in [0.25, 0.3) is 11.8 Å². The zero-order chi connectivity index (χ0) is 43.5. The van der Waals surface area contributed by atoms with Crippen LogP contribution in [0.4, 0.5) is 36.1 Å². The van der Waals surface area contributed by atoms with Crippen molar-refractivity contribution in [2.45, 2.75) is 50.7 Å². The standard InChI is InChI=1S/C44H48F3N9O6/c1-48-36-6-3-31(25-35(36)44(45,46)47)55-16-12-29(13-17-55)40(58)50-38-8-4-32(26-49-38)62-23-22-52-18-20-53(21-19-52)27-28-10-14-54(15-11-28)30-2-5-33-34(24-30)43(61)56(42(33)60)37-7-9-39(57)51-41(37)59/h2-6,8,24-26,28-29,37H,7,9-23,27H2,(H,49,50,58)(H,51,57,59). The van der Waals surface area contributed by atoms with Crippen LogP contribution >= 0.6 is 0 Å². The number of carbonyl (C=O) groups is 5. The lowest BCUT2D eigenvalue weighted by Crippen LogP contribution is -2.54. The number of nitrogens with one attached hydrogen (secondary N) is 2. The van der Waals surface area contributed by atoms with Crippen molar-refractivity contribution in [3.63, 3.8) is 0 Å². The fourth-order valence-electron chi connectivity index (χ4n) is 9.10. The van der Waals surface area contributed by atoms with Crippen LogP contribution in [0.2, 0.25) is 0 Å². The third-order valence-corrected chi connectivity index (χ3v) is 12.7. The molecule has 2 N–H and O–H groups in total. The van der Waals surface area contributed by atoms with E-state index in [9.17, 15) is 37.1 Å². The highest BCUT2D eigenvalue weighted by molar-refractivity contribution is 6.23. The summed E-state index contributed by atoms with van der Waals surface area (Å²) in [5.41, 5.74) is 0.465. The molecule has 1 unspecified atom stereocenters. The number of piperazine rings is 1. The van der Waals surface area contributed by atoms with Gasteiger partial charge in [-0.1, -0.05) is 6.07 Å². The molecule has 62 heavy (non-hydrogen) atoms. The summed E-state index contributed by atoms with van der Waals surface area (Å²) in [5, 5.41) is 5.08. The fourth-order valence-corrected chi connectivity index (χ4v) is 9.10. The lowest BCUT2D eigenvalue weighted by atomic mass is 9.95. The molecule has 0 radical (unpaired) electrons.